The second-order valence-corrected chi connectivity index (χ2v) is 3.94. The zero-order chi connectivity index (χ0) is 10.3. The molecule has 0 saturated carbocycles. The summed E-state index contributed by atoms with van der Waals surface area (Å²) in [6.45, 7) is 3.33. The summed E-state index contributed by atoms with van der Waals surface area (Å²) in [7, 11) is -3.89. The molecular weight excluding hydrogens is 219 g/mol. The van der Waals surface area contributed by atoms with Gasteiger partial charge in [-0.25, -0.2) is 4.79 Å². The molecule has 5 nitrogen and oxygen atoms in total. The summed E-state index contributed by atoms with van der Waals surface area (Å²) < 4.78 is 33.3. The topological polar surface area (TPSA) is 80.7 Å². The molecule has 0 aromatic rings. The van der Waals surface area contributed by atoms with Crippen molar-refractivity contribution >= 4 is 45.6 Å². The second kappa shape index (κ2) is 8.43. The van der Waals surface area contributed by atoms with E-state index in [-0.39, 0.29) is 48.3 Å². The third-order valence-corrected chi connectivity index (χ3v) is 2.01. The molecule has 0 aliphatic carbocycles. The fourth-order valence-electron chi connectivity index (χ4n) is 0.618. The Morgan fingerprint density at radius 2 is 2.00 bits per heavy atom. The zero-order valence-corrected chi connectivity index (χ0v) is 10.9. The number of hydrogen-bond acceptors (Lipinski definition) is 4. The maximum absolute atomic E-state index is 10.5. The number of esters is 1. The van der Waals surface area contributed by atoms with E-state index < -0.39 is 16.1 Å². The molecule has 7 heteroatoms. The molecule has 1 N–H and O–H groups in total. The first-order valence-electron chi connectivity index (χ1n) is 3.70. The zero-order valence-electron chi connectivity index (χ0n) is 8.10. The Balaban J connectivity index is 0. The molecule has 0 fully saturated rings. The van der Waals surface area contributed by atoms with Gasteiger partial charge in [-0.15, -0.1) is 0 Å². The number of unbranched alkanes of at least 4 members (excludes halogenated alkanes) is 1. The van der Waals surface area contributed by atoms with Crippen LogP contribution in [0.4, 0.5) is 0 Å². The van der Waals surface area contributed by atoms with Gasteiger partial charge in [-0.1, -0.05) is 6.58 Å². The summed E-state index contributed by atoms with van der Waals surface area (Å²) in [6.07, 6.45) is 1.70. The molecule has 0 aliphatic rings. The maximum atomic E-state index is 10.5. The Bertz CT molecular complexity index is 272. The van der Waals surface area contributed by atoms with Crippen molar-refractivity contribution in [2.24, 2.45) is 0 Å². The van der Waals surface area contributed by atoms with Crippen molar-refractivity contribution in [1.29, 1.82) is 0 Å². The van der Waals surface area contributed by atoms with Gasteiger partial charge in [0.15, 0.2) is 0 Å². The molecule has 0 aliphatic heterocycles. The summed E-state index contributed by atoms with van der Waals surface area (Å²) in [5.74, 6) is -0.842. The van der Waals surface area contributed by atoms with Gasteiger partial charge in [0.2, 0.25) is 0 Å². The Morgan fingerprint density at radius 1 is 1.43 bits per heavy atom. The second-order valence-electron chi connectivity index (χ2n) is 2.36. The largest absolute Gasteiger partial charge is 0.463 e. The SMILES string of the molecule is C=CC(=O)OCCCCS(=O)(=O)O.[Na]. The molecule has 0 amide bonds. The molecule has 0 saturated heterocycles. The fraction of sp³-hybridized carbons (Fsp3) is 0.571. The molecule has 1 radical (unpaired) electrons. The monoisotopic (exact) mass is 231 g/mol. The van der Waals surface area contributed by atoms with E-state index >= 15 is 0 Å². The minimum Gasteiger partial charge on any atom is -0.463 e. The van der Waals surface area contributed by atoms with Crippen LogP contribution in [-0.4, -0.2) is 60.9 Å². The Labute approximate surface area is 106 Å². The van der Waals surface area contributed by atoms with Crippen LogP contribution < -0.4 is 0 Å². The van der Waals surface area contributed by atoms with Crippen molar-refractivity contribution in [3.63, 3.8) is 0 Å². The van der Waals surface area contributed by atoms with Crippen LogP contribution in [0.25, 0.3) is 0 Å². The van der Waals surface area contributed by atoms with Gasteiger partial charge in [0.05, 0.1) is 12.4 Å². The molecular formula is C7H12NaO5S. The molecule has 0 rings (SSSR count). The van der Waals surface area contributed by atoms with Gasteiger partial charge in [0.1, 0.15) is 0 Å². The van der Waals surface area contributed by atoms with Gasteiger partial charge in [-0.3, -0.25) is 4.55 Å². The minimum absolute atomic E-state index is 0. The Hall–Kier alpha value is 0.120. The number of rotatable bonds is 6. The summed E-state index contributed by atoms with van der Waals surface area (Å²) in [6, 6.07) is 0. The van der Waals surface area contributed by atoms with Crippen LogP contribution in [0.5, 0.6) is 0 Å². The van der Waals surface area contributed by atoms with Gasteiger partial charge >= 0.3 is 5.97 Å². The first kappa shape index (κ1) is 16.5. The predicted octanol–water partition coefficient (Wildman–Crippen LogP) is 0.00280. The van der Waals surface area contributed by atoms with Crippen LogP contribution in [0.1, 0.15) is 12.8 Å². The molecule has 14 heavy (non-hydrogen) atoms. The average molecular weight is 231 g/mol. The Kier molecular flexibility index (Phi) is 9.96. The number of hydrogen-bond donors (Lipinski definition) is 1. The van der Waals surface area contributed by atoms with Gasteiger partial charge in [-0.2, -0.15) is 8.42 Å². The fourth-order valence-corrected chi connectivity index (χ4v) is 1.19. The van der Waals surface area contributed by atoms with Crippen LogP contribution in [0.3, 0.4) is 0 Å². The van der Waals surface area contributed by atoms with Gasteiger partial charge in [-0.05, 0) is 12.8 Å². The standard InChI is InChI=1S/C7H12O5S.Na/c1-2-7(8)12-5-3-4-6-13(9,10)11;/h2H,1,3-6H2,(H,9,10,11);. The van der Waals surface area contributed by atoms with E-state index in [1.54, 1.807) is 0 Å². The first-order valence-corrected chi connectivity index (χ1v) is 5.31. The average Bonchev–Trinajstić information content (AvgIpc) is 2.01. The van der Waals surface area contributed by atoms with Crippen LogP contribution >= 0.6 is 0 Å². The number of carbonyl (C=O) groups is 1. The van der Waals surface area contributed by atoms with Crippen LogP contribution in [0, 0.1) is 0 Å². The van der Waals surface area contributed by atoms with Crippen molar-refractivity contribution in [3.8, 4) is 0 Å². The molecule has 77 valence electrons. The summed E-state index contributed by atoms with van der Waals surface area (Å²) in [4.78, 5) is 10.5. The van der Waals surface area contributed by atoms with Crippen molar-refractivity contribution < 1.29 is 22.5 Å². The van der Waals surface area contributed by atoms with Gasteiger partial charge in [0, 0.05) is 35.6 Å². The number of carbonyl (C=O) groups excluding carboxylic acids is 1. The molecule has 0 bridgehead atoms. The predicted molar refractivity (Wildman–Crippen MR) is 52.6 cm³/mol. The molecule has 0 aromatic carbocycles. The summed E-state index contributed by atoms with van der Waals surface area (Å²) in [5, 5.41) is 0. The molecule has 0 atom stereocenters. The van der Waals surface area contributed by atoms with E-state index in [1.807, 2.05) is 0 Å². The quantitative estimate of drug-likeness (QED) is 0.229. The van der Waals surface area contributed by atoms with Crippen molar-refractivity contribution in [2.75, 3.05) is 12.4 Å². The van der Waals surface area contributed by atoms with Crippen molar-refractivity contribution in [2.45, 2.75) is 12.8 Å². The Morgan fingerprint density at radius 3 is 2.43 bits per heavy atom. The normalized spacial score (nSPS) is 10.1. The third-order valence-electron chi connectivity index (χ3n) is 1.21. The molecule has 0 spiro atoms. The number of ether oxygens (including phenoxy) is 1. The third kappa shape index (κ3) is 12.1. The van der Waals surface area contributed by atoms with E-state index in [0.717, 1.165) is 6.08 Å². The van der Waals surface area contributed by atoms with E-state index in [9.17, 15) is 13.2 Å². The van der Waals surface area contributed by atoms with E-state index in [0.29, 0.717) is 6.42 Å². The smallest absolute Gasteiger partial charge is 0.330 e. The van der Waals surface area contributed by atoms with Crippen molar-refractivity contribution in [1.82, 2.24) is 0 Å². The summed E-state index contributed by atoms with van der Waals surface area (Å²) in [5.41, 5.74) is 0. The van der Waals surface area contributed by atoms with Crippen LogP contribution in [-0.2, 0) is 19.6 Å². The summed E-state index contributed by atoms with van der Waals surface area (Å²) >= 11 is 0. The molecule has 0 aromatic heterocycles. The van der Waals surface area contributed by atoms with E-state index in [2.05, 4.69) is 11.3 Å². The van der Waals surface area contributed by atoms with Crippen LogP contribution in [0.15, 0.2) is 12.7 Å². The first-order chi connectivity index (χ1) is 5.95. The molecule has 0 unspecified atom stereocenters. The van der Waals surface area contributed by atoms with E-state index in [4.69, 9.17) is 4.55 Å². The minimum atomic E-state index is -3.89. The van der Waals surface area contributed by atoms with Gasteiger partial charge < -0.3 is 4.74 Å². The van der Waals surface area contributed by atoms with Gasteiger partial charge in [0.25, 0.3) is 10.1 Å². The van der Waals surface area contributed by atoms with Crippen molar-refractivity contribution in [3.05, 3.63) is 12.7 Å². The van der Waals surface area contributed by atoms with Crippen LogP contribution in [0.2, 0.25) is 0 Å². The van der Waals surface area contributed by atoms with E-state index in [1.165, 1.54) is 0 Å². The maximum Gasteiger partial charge on any atom is 0.330 e. The molecule has 0 heterocycles.